The van der Waals surface area contributed by atoms with Gasteiger partial charge in [0.1, 0.15) is 18.1 Å². The van der Waals surface area contributed by atoms with Gasteiger partial charge in [-0.15, -0.1) is 0 Å². The molecule has 4 heteroatoms. The lowest BCUT2D eigenvalue weighted by molar-refractivity contribution is -0.150. The first kappa shape index (κ1) is 17.0. The number of oxazole rings is 1. The molecule has 1 heterocycles. The molecule has 128 valence electrons. The molecule has 0 radical (unpaired) electrons. The number of esters is 1. The number of nitrogens with zero attached hydrogens (tertiary/aromatic N) is 1. The second-order valence-electron chi connectivity index (χ2n) is 6.46. The fourth-order valence-electron chi connectivity index (χ4n) is 2.55. The van der Waals surface area contributed by atoms with E-state index in [9.17, 15) is 4.79 Å². The zero-order valence-electron chi connectivity index (χ0n) is 14.7. The molecule has 0 saturated heterocycles. The maximum absolute atomic E-state index is 12.5. The quantitative estimate of drug-likeness (QED) is 0.636. The molecule has 0 amide bonds. The molecule has 0 saturated carbocycles. The predicted octanol–water partition coefficient (Wildman–Crippen LogP) is 4.67. The normalized spacial score (nSPS) is 11.3. The number of ether oxygens (including phenoxy) is 1. The molecule has 0 unspecified atom stereocenters. The molecule has 25 heavy (non-hydrogen) atoms. The highest BCUT2D eigenvalue weighted by Gasteiger charge is 2.31. The van der Waals surface area contributed by atoms with Crippen molar-refractivity contribution in [2.24, 2.45) is 0 Å². The molecule has 4 nitrogen and oxygen atoms in total. The maximum atomic E-state index is 12.5. The van der Waals surface area contributed by atoms with Gasteiger partial charge in [-0.25, -0.2) is 4.98 Å². The third-order valence-electron chi connectivity index (χ3n) is 4.26. The van der Waals surface area contributed by atoms with Gasteiger partial charge in [0.25, 0.3) is 0 Å². The third kappa shape index (κ3) is 3.63. The van der Waals surface area contributed by atoms with Crippen LogP contribution in [0.15, 0.2) is 65.1 Å². The summed E-state index contributed by atoms with van der Waals surface area (Å²) >= 11 is 0. The largest absolute Gasteiger partial charge is 0.458 e. The molecule has 0 aliphatic rings. The minimum Gasteiger partial charge on any atom is -0.458 e. The number of aromatic nitrogens is 1. The SMILES string of the molecule is Cc1oc(-c2ccccc2)nc1COC(=O)C(C)(C)c1ccccc1. The first-order chi connectivity index (χ1) is 12.0. The van der Waals surface area contributed by atoms with Gasteiger partial charge in [0, 0.05) is 5.56 Å². The van der Waals surface area contributed by atoms with Crippen molar-refractivity contribution in [2.45, 2.75) is 32.8 Å². The van der Waals surface area contributed by atoms with E-state index in [1.54, 1.807) is 0 Å². The summed E-state index contributed by atoms with van der Waals surface area (Å²) in [5, 5.41) is 0. The Morgan fingerprint density at radius 2 is 1.64 bits per heavy atom. The van der Waals surface area contributed by atoms with E-state index in [1.807, 2.05) is 81.4 Å². The van der Waals surface area contributed by atoms with E-state index in [2.05, 4.69) is 4.98 Å². The fourth-order valence-corrected chi connectivity index (χ4v) is 2.55. The molecule has 0 N–H and O–H groups in total. The lowest BCUT2D eigenvalue weighted by atomic mass is 9.85. The average Bonchev–Trinajstić information content (AvgIpc) is 3.02. The number of aryl methyl sites for hydroxylation is 1. The van der Waals surface area contributed by atoms with Gasteiger partial charge < -0.3 is 9.15 Å². The highest BCUT2D eigenvalue weighted by atomic mass is 16.5. The van der Waals surface area contributed by atoms with Crippen molar-refractivity contribution >= 4 is 5.97 Å². The van der Waals surface area contributed by atoms with E-state index < -0.39 is 5.41 Å². The summed E-state index contributed by atoms with van der Waals surface area (Å²) in [6, 6.07) is 19.3. The van der Waals surface area contributed by atoms with Crippen LogP contribution in [0.3, 0.4) is 0 Å². The molecule has 0 aliphatic heterocycles. The highest BCUT2D eigenvalue weighted by molar-refractivity contribution is 5.82. The Bertz CT molecular complexity index is 851. The van der Waals surface area contributed by atoms with Gasteiger partial charge in [-0.2, -0.15) is 0 Å². The zero-order valence-corrected chi connectivity index (χ0v) is 14.7. The lowest BCUT2D eigenvalue weighted by Crippen LogP contribution is -2.31. The third-order valence-corrected chi connectivity index (χ3v) is 4.26. The summed E-state index contributed by atoms with van der Waals surface area (Å²) in [4.78, 5) is 17.0. The van der Waals surface area contributed by atoms with Crippen LogP contribution in [0.2, 0.25) is 0 Å². The Kier molecular flexibility index (Phi) is 4.70. The number of hydrogen-bond acceptors (Lipinski definition) is 4. The summed E-state index contributed by atoms with van der Waals surface area (Å²) in [7, 11) is 0. The van der Waals surface area contributed by atoms with Crippen LogP contribution in [0.5, 0.6) is 0 Å². The lowest BCUT2D eigenvalue weighted by Gasteiger charge is -2.22. The molecular weight excluding hydrogens is 314 g/mol. The summed E-state index contributed by atoms with van der Waals surface area (Å²) in [6.07, 6.45) is 0. The van der Waals surface area contributed by atoms with Crippen LogP contribution in [0, 0.1) is 6.92 Å². The molecule has 3 aromatic rings. The van der Waals surface area contributed by atoms with Crippen molar-refractivity contribution < 1.29 is 13.9 Å². The Morgan fingerprint density at radius 3 is 2.28 bits per heavy atom. The van der Waals surface area contributed by atoms with E-state index in [-0.39, 0.29) is 12.6 Å². The summed E-state index contributed by atoms with van der Waals surface area (Å²) in [5.74, 6) is 0.901. The molecule has 2 aromatic carbocycles. The summed E-state index contributed by atoms with van der Waals surface area (Å²) in [6.45, 7) is 5.63. The van der Waals surface area contributed by atoms with Gasteiger partial charge >= 0.3 is 5.97 Å². The highest BCUT2D eigenvalue weighted by Crippen LogP contribution is 2.26. The first-order valence-electron chi connectivity index (χ1n) is 8.23. The zero-order chi connectivity index (χ0) is 17.9. The van der Waals surface area contributed by atoms with E-state index in [0.717, 1.165) is 11.1 Å². The van der Waals surface area contributed by atoms with Gasteiger partial charge in [0.05, 0.1) is 5.41 Å². The molecule has 0 atom stereocenters. The smallest absolute Gasteiger partial charge is 0.316 e. The maximum Gasteiger partial charge on any atom is 0.316 e. The van der Waals surface area contributed by atoms with E-state index >= 15 is 0 Å². The van der Waals surface area contributed by atoms with Crippen LogP contribution >= 0.6 is 0 Å². The van der Waals surface area contributed by atoms with Crippen molar-refractivity contribution in [1.82, 2.24) is 4.98 Å². The van der Waals surface area contributed by atoms with Crippen molar-refractivity contribution in [3.63, 3.8) is 0 Å². The summed E-state index contributed by atoms with van der Waals surface area (Å²) in [5.41, 5.74) is 1.73. The number of carbonyl (C=O) groups excluding carboxylic acids is 1. The van der Waals surface area contributed by atoms with Crippen LogP contribution in [0.1, 0.15) is 30.9 Å². The molecule has 0 bridgehead atoms. The van der Waals surface area contributed by atoms with Gasteiger partial charge in [0.2, 0.25) is 5.89 Å². The van der Waals surface area contributed by atoms with Crippen LogP contribution in [-0.2, 0) is 21.6 Å². The second kappa shape index (κ2) is 6.93. The van der Waals surface area contributed by atoms with Gasteiger partial charge in [-0.3, -0.25) is 4.79 Å². The van der Waals surface area contributed by atoms with E-state index in [0.29, 0.717) is 17.3 Å². The van der Waals surface area contributed by atoms with Crippen LogP contribution < -0.4 is 0 Å². The van der Waals surface area contributed by atoms with Crippen LogP contribution in [0.4, 0.5) is 0 Å². The Labute approximate surface area is 147 Å². The summed E-state index contributed by atoms with van der Waals surface area (Å²) < 4.78 is 11.2. The molecule has 3 rings (SSSR count). The van der Waals surface area contributed by atoms with Gasteiger partial charge in [-0.1, -0.05) is 48.5 Å². The number of hydrogen-bond donors (Lipinski definition) is 0. The monoisotopic (exact) mass is 335 g/mol. The standard InChI is InChI=1S/C21H21NO3/c1-15-18(22-19(25-15)16-10-6-4-7-11-16)14-24-20(23)21(2,3)17-12-8-5-9-13-17/h4-13H,14H2,1-3H3. The number of rotatable bonds is 5. The molecular formula is C21H21NO3. The van der Waals surface area contributed by atoms with Crippen molar-refractivity contribution in [2.75, 3.05) is 0 Å². The van der Waals surface area contributed by atoms with E-state index in [4.69, 9.17) is 9.15 Å². The van der Waals surface area contributed by atoms with Crippen molar-refractivity contribution in [3.05, 3.63) is 77.7 Å². The topological polar surface area (TPSA) is 52.3 Å². The van der Waals surface area contributed by atoms with Crippen molar-refractivity contribution in [3.8, 4) is 11.5 Å². The van der Waals surface area contributed by atoms with Gasteiger partial charge in [0.15, 0.2) is 0 Å². The average molecular weight is 335 g/mol. The Morgan fingerprint density at radius 1 is 1.04 bits per heavy atom. The minimum absolute atomic E-state index is 0.0945. The first-order valence-corrected chi connectivity index (χ1v) is 8.23. The minimum atomic E-state index is -0.721. The predicted molar refractivity (Wildman–Crippen MR) is 95.9 cm³/mol. The Balaban J connectivity index is 1.72. The number of benzene rings is 2. The van der Waals surface area contributed by atoms with Gasteiger partial charge in [-0.05, 0) is 38.5 Å². The number of carbonyl (C=O) groups is 1. The fraction of sp³-hybridized carbons (Fsp3) is 0.238. The molecule has 1 aromatic heterocycles. The van der Waals surface area contributed by atoms with Crippen LogP contribution in [0.25, 0.3) is 11.5 Å². The van der Waals surface area contributed by atoms with Crippen LogP contribution in [-0.4, -0.2) is 11.0 Å². The molecule has 0 aliphatic carbocycles. The Hall–Kier alpha value is -2.88. The van der Waals surface area contributed by atoms with E-state index in [1.165, 1.54) is 0 Å². The molecule has 0 spiro atoms. The molecule has 0 fully saturated rings. The second-order valence-corrected chi connectivity index (χ2v) is 6.46. The van der Waals surface area contributed by atoms with Crippen molar-refractivity contribution in [1.29, 1.82) is 0 Å².